The summed E-state index contributed by atoms with van der Waals surface area (Å²) in [5.74, 6) is 1.39. The molecule has 2 fully saturated rings. The maximum absolute atomic E-state index is 11.6. The molecule has 1 heterocycles. The fourth-order valence-electron chi connectivity index (χ4n) is 3.00. The van der Waals surface area contributed by atoms with Crippen LogP contribution in [0.3, 0.4) is 0 Å². The van der Waals surface area contributed by atoms with Gasteiger partial charge in [0.2, 0.25) is 5.91 Å². The molecule has 1 saturated carbocycles. The molecule has 0 spiro atoms. The van der Waals surface area contributed by atoms with Crippen molar-refractivity contribution in [3.05, 3.63) is 30.3 Å². The molecule has 0 bridgehead atoms. The highest BCUT2D eigenvalue weighted by atomic mass is 16.2. The largest absolute Gasteiger partial charge is 0.368 e. The first-order valence-electron chi connectivity index (χ1n) is 8.81. The Morgan fingerprint density at radius 3 is 2.38 bits per heavy atom. The summed E-state index contributed by atoms with van der Waals surface area (Å²) in [6.45, 7) is 5.24. The molecular weight excluding hydrogens is 302 g/mol. The van der Waals surface area contributed by atoms with E-state index in [2.05, 4.69) is 49.7 Å². The number of nitrogens with one attached hydrogen (secondary N) is 2. The summed E-state index contributed by atoms with van der Waals surface area (Å²) in [4.78, 5) is 20.7. The number of para-hydroxylation sites is 1. The predicted octanol–water partition coefficient (Wildman–Crippen LogP) is 0.910. The molecular formula is C18H27N5O. The molecule has 1 saturated heterocycles. The van der Waals surface area contributed by atoms with Crippen molar-refractivity contribution < 1.29 is 4.79 Å². The zero-order chi connectivity index (χ0) is 16.8. The lowest BCUT2D eigenvalue weighted by atomic mass is 10.2. The quantitative estimate of drug-likeness (QED) is 0.479. The number of piperazine rings is 1. The summed E-state index contributed by atoms with van der Waals surface area (Å²) in [6, 6.07) is 10.5. The van der Waals surface area contributed by atoms with Crippen LogP contribution < -0.4 is 15.5 Å². The highest BCUT2D eigenvalue weighted by molar-refractivity contribution is 5.81. The van der Waals surface area contributed by atoms with E-state index in [-0.39, 0.29) is 11.8 Å². The number of hydrogen-bond acceptors (Lipinski definition) is 3. The van der Waals surface area contributed by atoms with Gasteiger partial charge in [0.15, 0.2) is 5.96 Å². The lowest BCUT2D eigenvalue weighted by molar-refractivity contribution is -0.122. The number of aliphatic imine (C=N–C) groups is 1. The molecule has 1 aliphatic carbocycles. The Morgan fingerprint density at radius 2 is 1.75 bits per heavy atom. The van der Waals surface area contributed by atoms with Crippen molar-refractivity contribution in [2.45, 2.75) is 12.8 Å². The number of anilines is 1. The minimum atomic E-state index is 0.197. The maximum Gasteiger partial charge on any atom is 0.223 e. The molecule has 1 aromatic rings. The molecule has 24 heavy (non-hydrogen) atoms. The van der Waals surface area contributed by atoms with E-state index in [9.17, 15) is 4.79 Å². The highest BCUT2D eigenvalue weighted by Crippen LogP contribution is 2.28. The standard InChI is InChI=1S/C18H27N5O/c1-19-18(21-10-9-20-17(24)15-7-8-15)23-13-11-22(12-14-23)16-5-3-2-4-6-16/h2-6,15H,7-14H2,1H3,(H,19,21)(H,20,24). The molecule has 1 amide bonds. The van der Waals surface area contributed by atoms with E-state index in [1.54, 1.807) is 0 Å². The van der Waals surface area contributed by atoms with Crippen molar-refractivity contribution in [3.8, 4) is 0 Å². The summed E-state index contributed by atoms with van der Waals surface area (Å²) in [5.41, 5.74) is 1.28. The van der Waals surface area contributed by atoms with Crippen LogP contribution in [-0.4, -0.2) is 63.1 Å². The van der Waals surface area contributed by atoms with Crippen LogP contribution in [0.4, 0.5) is 5.69 Å². The summed E-state index contributed by atoms with van der Waals surface area (Å²) >= 11 is 0. The zero-order valence-corrected chi connectivity index (χ0v) is 14.4. The molecule has 0 radical (unpaired) electrons. The van der Waals surface area contributed by atoms with Crippen molar-refractivity contribution >= 4 is 17.6 Å². The summed E-state index contributed by atoms with van der Waals surface area (Å²) in [6.07, 6.45) is 2.10. The molecule has 1 aromatic carbocycles. The van der Waals surface area contributed by atoms with Gasteiger partial charge in [-0.1, -0.05) is 18.2 Å². The second-order valence-electron chi connectivity index (χ2n) is 6.35. The van der Waals surface area contributed by atoms with Crippen molar-refractivity contribution in [3.63, 3.8) is 0 Å². The number of guanidine groups is 1. The minimum absolute atomic E-state index is 0.197. The molecule has 0 atom stereocenters. The van der Waals surface area contributed by atoms with Crippen molar-refractivity contribution in [2.24, 2.45) is 10.9 Å². The highest BCUT2D eigenvalue weighted by Gasteiger charge is 2.29. The van der Waals surface area contributed by atoms with Gasteiger partial charge >= 0.3 is 0 Å². The molecule has 3 rings (SSSR count). The Kier molecular flexibility index (Phi) is 5.56. The van der Waals surface area contributed by atoms with E-state index in [0.29, 0.717) is 13.1 Å². The van der Waals surface area contributed by atoms with E-state index >= 15 is 0 Å². The number of rotatable bonds is 5. The second-order valence-corrected chi connectivity index (χ2v) is 6.35. The predicted molar refractivity (Wildman–Crippen MR) is 97.3 cm³/mol. The number of carbonyl (C=O) groups is 1. The molecule has 2 N–H and O–H groups in total. The third-order valence-electron chi connectivity index (χ3n) is 4.57. The van der Waals surface area contributed by atoms with E-state index in [1.807, 2.05) is 13.1 Å². The third kappa shape index (κ3) is 4.40. The van der Waals surface area contributed by atoms with Crippen LogP contribution in [0.1, 0.15) is 12.8 Å². The van der Waals surface area contributed by atoms with E-state index < -0.39 is 0 Å². The summed E-state index contributed by atoms with van der Waals surface area (Å²) in [5, 5.41) is 6.32. The SMILES string of the molecule is CN=C(NCCNC(=O)C1CC1)N1CCN(c2ccccc2)CC1. The Balaban J connectivity index is 1.39. The number of nitrogens with zero attached hydrogens (tertiary/aromatic N) is 3. The Bertz CT molecular complexity index is 562. The first-order valence-corrected chi connectivity index (χ1v) is 8.81. The Labute approximate surface area is 143 Å². The van der Waals surface area contributed by atoms with Gasteiger partial charge < -0.3 is 20.4 Å². The summed E-state index contributed by atoms with van der Waals surface area (Å²) in [7, 11) is 1.81. The van der Waals surface area contributed by atoms with Crippen LogP contribution in [0.5, 0.6) is 0 Å². The number of carbonyl (C=O) groups excluding carboxylic acids is 1. The molecule has 2 aliphatic rings. The minimum Gasteiger partial charge on any atom is -0.368 e. The number of hydrogen-bond donors (Lipinski definition) is 2. The van der Waals surface area contributed by atoms with Crippen LogP contribution in [0.15, 0.2) is 35.3 Å². The monoisotopic (exact) mass is 329 g/mol. The molecule has 0 aromatic heterocycles. The average molecular weight is 329 g/mol. The van der Waals surface area contributed by atoms with Crippen LogP contribution in [0.2, 0.25) is 0 Å². The molecule has 6 nitrogen and oxygen atoms in total. The van der Waals surface area contributed by atoms with Gasteiger partial charge in [-0.3, -0.25) is 9.79 Å². The van der Waals surface area contributed by atoms with Gasteiger partial charge in [0, 0.05) is 57.9 Å². The fourth-order valence-corrected chi connectivity index (χ4v) is 3.00. The molecule has 130 valence electrons. The van der Waals surface area contributed by atoms with E-state index in [1.165, 1.54) is 5.69 Å². The zero-order valence-electron chi connectivity index (χ0n) is 14.4. The molecule has 1 aliphatic heterocycles. The number of benzene rings is 1. The lowest BCUT2D eigenvalue weighted by Gasteiger charge is -2.37. The first-order chi connectivity index (χ1) is 11.8. The van der Waals surface area contributed by atoms with Crippen LogP contribution in [-0.2, 0) is 4.79 Å². The van der Waals surface area contributed by atoms with E-state index in [4.69, 9.17) is 0 Å². The Hall–Kier alpha value is -2.24. The topological polar surface area (TPSA) is 60.0 Å². The lowest BCUT2D eigenvalue weighted by Crippen LogP contribution is -2.53. The van der Waals surface area contributed by atoms with Gasteiger partial charge in [-0.15, -0.1) is 0 Å². The first kappa shape index (κ1) is 16.6. The van der Waals surface area contributed by atoms with Gasteiger partial charge in [0.05, 0.1) is 0 Å². The van der Waals surface area contributed by atoms with Gasteiger partial charge in [-0.25, -0.2) is 0 Å². The van der Waals surface area contributed by atoms with Crippen molar-refractivity contribution in [2.75, 3.05) is 51.2 Å². The van der Waals surface area contributed by atoms with Gasteiger partial charge in [-0.05, 0) is 25.0 Å². The maximum atomic E-state index is 11.6. The molecule has 6 heteroatoms. The van der Waals surface area contributed by atoms with Crippen LogP contribution >= 0.6 is 0 Å². The van der Waals surface area contributed by atoms with Gasteiger partial charge in [0.25, 0.3) is 0 Å². The van der Waals surface area contributed by atoms with Crippen molar-refractivity contribution in [1.29, 1.82) is 0 Å². The fraction of sp³-hybridized carbons (Fsp3) is 0.556. The van der Waals surface area contributed by atoms with Crippen molar-refractivity contribution in [1.82, 2.24) is 15.5 Å². The van der Waals surface area contributed by atoms with Gasteiger partial charge in [0.1, 0.15) is 0 Å². The van der Waals surface area contributed by atoms with Crippen LogP contribution in [0, 0.1) is 5.92 Å². The van der Waals surface area contributed by atoms with Crippen LogP contribution in [0.25, 0.3) is 0 Å². The third-order valence-corrected chi connectivity index (χ3v) is 4.57. The number of amides is 1. The summed E-state index contributed by atoms with van der Waals surface area (Å²) < 4.78 is 0. The molecule has 0 unspecified atom stereocenters. The normalized spacial score (nSPS) is 18.5. The van der Waals surface area contributed by atoms with Gasteiger partial charge in [-0.2, -0.15) is 0 Å². The Morgan fingerprint density at radius 1 is 1.08 bits per heavy atom. The smallest absolute Gasteiger partial charge is 0.223 e. The average Bonchev–Trinajstić information content (AvgIpc) is 3.48. The second kappa shape index (κ2) is 8.04. The van der Waals surface area contributed by atoms with E-state index in [0.717, 1.165) is 45.0 Å².